The summed E-state index contributed by atoms with van der Waals surface area (Å²) in [4.78, 5) is 34.9. The summed E-state index contributed by atoms with van der Waals surface area (Å²) in [6.45, 7) is 0.901. The second kappa shape index (κ2) is 9.46. The number of carbonyl (C=O) groups is 2. The van der Waals surface area contributed by atoms with E-state index in [1.54, 1.807) is 24.0 Å². The third kappa shape index (κ3) is 5.60. The van der Waals surface area contributed by atoms with E-state index in [2.05, 4.69) is 15.3 Å². The minimum absolute atomic E-state index is 0.0432. The fourth-order valence-electron chi connectivity index (χ4n) is 3.58. The first-order valence-electron chi connectivity index (χ1n) is 9.77. The van der Waals surface area contributed by atoms with Crippen LogP contribution in [0.1, 0.15) is 17.5 Å². The van der Waals surface area contributed by atoms with Crippen LogP contribution in [0, 0.1) is 18.8 Å². The van der Waals surface area contributed by atoms with Gasteiger partial charge in [0.25, 0.3) is 5.91 Å². The van der Waals surface area contributed by atoms with Crippen molar-refractivity contribution in [2.75, 3.05) is 26.3 Å². The molecule has 0 saturated carbocycles. The molecular formula is C20H23F3N4O4. The third-order valence-electron chi connectivity index (χ3n) is 4.99. The summed E-state index contributed by atoms with van der Waals surface area (Å²) in [5.41, 5.74) is 1.33. The average Bonchev–Trinajstić information content (AvgIpc) is 3.02. The molecule has 3 rings (SSSR count). The number of pyridine rings is 1. The number of amides is 2. The zero-order valence-corrected chi connectivity index (χ0v) is 16.9. The van der Waals surface area contributed by atoms with Crippen molar-refractivity contribution in [2.45, 2.75) is 26.1 Å². The number of likely N-dealkylation sites (tertiary alicyclic amines) is 1. The summed E-state index contributed by atoms with van der Waals surface area (Å²) < 4.78 is 41.7. The number of rotatable bonds is 8. The quantitative estimate of drug-likeness (QED) is 0.595. The molecule has 11 heteroatoms. The van der Waals surface area contributed by atoms with Crippen molar-refractivity contribution in [1.82, 2.24) is 15.2 Å². The van der Waals surface area contributed by atoms with Gasteiger partial charge in [-0.15, -0.1) is 0 Å². The molecule has 1 saturated heterocycles. The third-order valence-corrected chi connectivity index (χ3v) is 4.99. The van der Waals surface area contributed by atoms with Gasteiger partial charge in [-0.1, -0.05) is 6.08 Å². The smallest absolute Gasteiger partial charge is 0.422 e. The molecule has 2 unspecified atom stereocenters. The van der Waals surface area contributed by atoms with E-state index in [9.17, 15) is 22.8 Å². The molecule has 2 aliphatic heterocycles. The van der Waals surface area contributed by atoms with Gasteiger partial charge in [-0.25, -0.2) is 4.98 Å². The topological polar surface area (TPSA) is 104 Å². The highest BCUT2D eigenvalue weighted by Crippen LogP contribution is 2.31. The van der Waals surface area contributed by atoms with Crippen LogP contribution in [0.4, 0.5) is 13.2 Å². The van der Waals surface area contributed by atoms with Crippen LogP contribution in [0.3, 0.4) is 0 Å². The number of carbonyl (C=O) groups excluding carboxylic acids is 2. The Hall–Kier alpha value is -2.95. The Morgan fingerprint density at radius 3 is 2.87 bits per heavy atom. The molecule has 2 N–H and O–H groups in total. The molecule has 8 nitrogen and oxygen atoms in total. The second-order valence-corrected chi connectivity index (χ2v) is 7.41. The van der Waals surface area contributed by atoms with Crippen molar-refractivity contribution in [3.63, 3.8) is 0 Å². The van der Waals surface area contributed by atoms with E-state index in [0.717, 1.165) is 0 Å². The first kappa shape index (κ1) is 22.7. The van der Waals surface area contributed by atoms with E-state index in [1.165, 1.54) is 12.4 Å². The molecule has 3 heterocycles. The number of hydrogen-bond donors (Lipinski definition) is 2. The number of hydrogen-bond acceptors (Lipinski definition) is 6. The Labute approximate surface area is 176 Å². The number of halogens is 3. The minimum atomic E-state index is -4.46. The Balaban J connectivity index is 1.65. The minimum Gasteiger partial charge on any atom is -0.468 e. The fourth-order valence-corrected chi connectivity index (χ4v) is 3.58. The second-order valence-electron chi connectivity index (χ2n) is 7.41. The predicted octanol–water partition coefficient (Wildman–Crippen LogP) is 1.37. The molecule has 1 fully saturated rings. The summed E-state index contributed by atoms with van der Waals surface area (Å²) in [7, 11) is 0. The molecule has 2 atom stereocenters. The molecule has 2 amide bonds. The molecule has 0 aromatic carbocycles. The molecular weight excluding hydrogens is 417 g/mol. The number of aliphatic hydroxyl groups excluding tert-OH is 1. The van der Waals surface area contributed by atoms with E-state index < -0.39 is 24.6 Å². The Kier molecular flexibility index (Phi) is 6.94. The van der Waals surface area contributed by atoms with Crippen molar-refractivity contribution in [2.24, 2.45) is 16.8 Å². The van der Waals surface area contributed by atoms with Gasteiger partial charge in [0.1, 0.15) is 5.71 Å². The molecule has 168 valence electrons. The average molecular weight is 440 g/mol. The number of aryl methyl sites for hydroxylation is 1. The summed E-state index contributed by atoms with van der Waals surface area (Å²) in [5, 5.41) is 11.5. The summed E-state index contributed by atoms with van der Waals surface area (Å²) >= 11 is 0. The summed E-state index contributed by atoms with van der Waals surface area (Å²) in [6.07, 6.45) is 0.447. The van der Waals surface area contributed by atoms with Gasteiger partial charge in [-0.3, -0.25) is 14.6 Å². The van der Waals surface area contributed by atoms with Gasteiger partial charge in [-0.2, -0.15) is 13.2 Å². The van der Waals surface area contributed by atoms with Crippen LogP contribution in [0.15, 0.2) is 29.5 Å². The van der Waals surface area contributed by atoms with Gasteiger partial charge >= 0.3 is 6.18 Å². The number of ether oxygens (including phenoxy) is 1. The van der Waals surface area contributed by atoms with Crippen LogP contribution < -0.4 is 10.1 Å². The lowest BCUT2D eigenvalue weighted by atomic mass is 9.88. The van der Waals surface area contributed by atoms with Gasteiger partial charge in [0, 0.05) is 50.1 Å². The van der Waals surface area contributed by atoms with Gasteiger partial charge in [-0.05, 0) is 25.0 Å². The predicted molar refractivity (Wildman–Crippen MR) is 104 cm³/mol. The molecule has 0 spiro atoms. The lowest BCUT2D eigenvalue weighted by Gasteiger charge is -2.19. The van der Waals surface area contributed by atoms with Crippen molar-refractivity contribution in [3.8, 4) is 5.88 Å². The molecule has 1 aromatic heterocycles. The van der Waals surface area contributed by atoms with E-state index in [0.29, 0.717) is 24.1 Å². The molecule has 31 heavy (non-hydrogen) atoms. The van der Waals surface area contributed by atoms with Crippen LogP contribution in [-0.2, 0) is 16.1 Å². The van der Waals surface area contributed by atoms with E-state index in [1.807, 2.05) is 0 Å². The van der Waals surface area contributed by atoms with Crippen molar-refractivity contribution in [1.29, 1.82) is 0 Å². The largest absolute Gasteiger partial charge is 0.468 e. The number of aliphatic imine (C=N–C) groups is 1. The Morgan fingerprint density at radius 2 is 2.19 bits per heavy atom. The van der Waals surface area contributed by atoms with Gasteiger partial charge < -0.3 is 20.1 Å². The highest BCUT2D eigenvalue weighted by molar-refractivity contribution is 6.40. The summed E-state index contributed by atoms with van der Waals surface area (Å²) in [5.74, 6) is -1.54. The van der Waals surface area contributed by atoms with Gasteiger partial charge in [0.2, 0.25) is 11.8 Å². The maximum Gasteiger partial charge on any atom is 0.422 e. The maximum atomic E-state index is 12.8. The van der Waals surface area contributed by atoms with Crippen molar-refractivity contribution < 1.29 is 32.6 Å². The number of nitrogens with one attached hydrogen (secondary N) is 1. The monoisotopic (exact) mass is 440 g/mol. The molecule has 2 aliphatic rings. The van der Waals surface area contributed by atoms with Crippen LogP contribution in [0.2, 0.25) is 0 Å². The Bertz CT molecular complexity index is 901. The first-order valence-corrected chi connectivity index (χ1v) is 9.77. The van der Waals surface area contributed by atoms with Crippen LogP contribution in [0.5, 0.6) is 5.88 Å². The lowest BCUT2D eigenvalue weighted by Crippen LogP contribution is -2.39. The number of aliphatic hydroxyl groups is 1. The van der Waals surface area contributed by atoms with E-state index in [-0.39, 0.29) is 43.1 Å². The van der Waals surface area contributed by atoms with Gasteiger partial charge in [0.05, 0.1) is 5.92 Å². The number of fused-ring (bicyclic) bond motifs is 1. The number of alkyl halides is 3. The normalized spacial score (nSPS) is 20.5. The van der Waals surface area contributed by atoms with Crippen LogP contribution >= 0.6 is 0 Å². The van der Waals surface area contributed by atoms with Crippen LogP contribution in [0.25, 0.3) is 0 Å². The van der Waals surface area contributed by atoms with E-state index >= 15 is 0 Å². The van der Waals surface area contributed by atoms with Crippen molar-refractivity contribution in [3.05, 3.63) is 35.7 Å². The Morgan fingerprint density at radius 1 is 1.42 bits per heavy atom. The molecule has 0 bridgehead atoms. The van der Waals surface area contributed by atoms with Gasteiger partial charge in [0.15, 0.2) is 6.61 Å². The fraction of sp³-hybridized carbons (Fsp3) is 0.500. The first-order chi connectivity index (χ1) is 14.7. The summed E-state index contributed by atoms with van der Waals surface area (Å²) in [6, 6.07) is 1.63. The SMILES string of the molecule is Cc1cc(CN2CC3C(C(=O)NCCCO)=NC=CC3C2=O)cnc1OCC(F)(F)F. The van der Waals surface area contributed by atoms with E-state index in [4.69, 9.17) is 9.84 Å². The zero-order chi connectivity index (χ0) is 22.6. The maximum absolute atomic E-state index is 12.8. The molecule has 0 radical (unpaired) electrons. The lowest BCUT2D eigenvalue weighted by molar-refractivity contribution is -0.154. The van der Waals surface area contributed by atoms with Crippen LogP contribution in [-0.4, -0.2) is 65.0 Å². The highest BCUT2D eigenvalue weighted by atomic mass is 19.4. The number of aromatic nitrogens is 1. The number of nitrogens with zero attached hydrogens (tertiary/aromatic N) is 3. The molecule has 1 aromatic rings. The zero-order valence-electron chi connectivity index (χ0n) is 16.9. The molecule has 0 aliphatic carbocycles. The highest BCUT2D eigenvalue weighted by Gasteiger charge is 2.44. The standard InChI is InChI=1S/C20H23F3N4O4/c1-12-7-13(8-26-18(12)31-11-20(21,22)23)9-27-10-15-14(19(27)30)3-5-24-16(15)17(29)25-4-2-6-28/h3,5,7-8,14-15,28H,2,4,6,9-11H2,1H3,(H,25,29). The van der Waals surface area contributed by atoms with Crippen molar-refractivity contribution >= 4 is 17.5 Å².